The van der Waals surface area contributed by atoms with Gasteiger partial charge in [0.15, 0.2) is 0 Å². The Hall–Kier alpha value is -0.910. The van der Waals surface area contributed by atoms with Gasteiger partial charge in [0.05, 0.1) is 25.9 Å². The summed E-state index contributed by atoms with van der Waals surface area (Å²) in [4.78, 5) is 10.7. The molecule has 1 N–H and O–H groups in total. The zero-order valence-electron chi connectivity index (χ0n) is 10.5. The van der Waals surface area contributed by atoms with Gasteiger partial charge in [-0.2, -0.15) is 0 Å². The minimum absolute atomic E-state index is 0.0464. The van der Waals surface area contributed by atoms with Crippen LogP contribution in [0.3, 0.4) is 0 Å². The van der Waals surface area contributed by atoms with Crippen molar-refractivity contribution in [2.75, 3.05) is 31.3 Å². The first-order valence-electron chi connectivity index (χ1n) is 6.23. The van der Waals surface area contributed by atoms with Crippen LogP contribution in [0.2, 0.25) is 5.15 Å². The number of ether oxygens (including phenoxy) is 1. The second-order valence-electron chi connectivity index (χ2n) is 4.32. The summed E-state index contributed by atoms with van der Waals surface area (Å²) in [5, 5.41) is 9.82. The number of aryl methyl sites for hydroxylation is 1. The minimum atomic E-state index is -0.0563. The Bertz CT molecular complexity index is 403. The van der Waals surface area contributed by atoms with Crippen molar-refractivity contribution < 1.29 is 9.84 Å². The molecule has 2 rings (SSSR count). The van der Waals surface area contributed by atoms with Gasteiger partial charge in [-0.15, -0.1) is 0 Å². The van der Waals surface area contributed by atoms with Gasteiger partial charge in [-0.25, -0.2) is 9.97 Å². The lowest BCUT2D eigenvalue weighted by molar-refractivity contribution is 0.0722. The van der Waals surface area contributed by atoms with Crippen molar-refractivity contribution >= 4 is 17.4 Å². The van der Waals surface area contributed by atoms with Crippen LogP contribution in [0.4, 0.5) is 5.82 Å². The van der Waals surface area contributed by atoms with Crippen LogP contribution in [0.5, 0.6) is 0 Å². The van der Waals surface area contributed by atoms with Gasteiger partial charge in [0, 0.05) is 19.0 Å². The first kappa shape index (κ1) is 13.5. The highest BCUT2D eigenvalue weighted by molar-refractivity contribution is 6.29. The van der Waals surface area contributed by atoms with Crippen LogP contribution in [0.1, 0.15) is 19.2 Å². The molecule has 18 heavy (non-hydrogen) atoms. The van der Waals surface area contributed by atoms with Gasteiger partial charge in [-0.05, 0) is 6.42 Å². The molecule has 0 aliphatic carbocycles. The molecule has 1 aromatic heterocycles. The molecule has 2 heterocycles. The monoisotopic (exact) mass is 271 g/mol. The zero-order valence-corrected chi connectivity index (χ0v) is 11.2. The normalized spacial score (nSPS) is 20.2. The average molecular weight is 272 g/mol. The van der Waals surface area contributed by atoms with E-state index >= 15 is 0 Å². The van der Waals surface area contributed by atoms with E-state index in [1.54, 1.807) is 6.07 Å². The van der Waals surface area contributed by atoms with E-state index in [0.717, 1.165) is 24.5 Å². The van der Waals surface area contributed by atoms with Gasteiger partial charge >= 0.3 is 0 Å². The molecule has 5 nitrogen and oxygen atoms in total. The number of aliphatic hydroxyl groups is 1. The van der Waals surface area contributed by atoms with E-state index in [1.165, 1.54) is 0 Å². The quantitative estimate of drug-likeness (QED) is 0.836. The smallest absolute Gasteiger partial charge is 0.134 e. The summed E-state index contributed by atoms with van der Waals surface area (Å²) in [5.41, 5.74) is 0. The number of aliphatic hydroxyl groups excluding tert-OH is 1. The van der Waals surface area contributed by atoms with Crippen LogP contribution in [0, 0.1) is 0 Å². The Morgan fingerprint density at radius 1 is 1.56 bits per heavy atom. The molecule has 1 saturated heterocycles. The van der Waals surface area contributed by atoms with Crippen LogP contribution in [0.15, 0.2) is 6.07 Å². The number of halogens is 1. The summed E-state index contributed by atoms with van der Waals surface area (Å²) in [6, 6.07) is 1.69. The lowest BCUT2D eigenvalue weighted by Gasteiger charge is -2.35. The Balaban J connectivity index is 2.24. The lowest BCUT2D eigenvalue weighted by atomic mass is 10.2. The molecule has 1 fully saturated rings. The maximum atomic E-state index is 9.37. The van der Waals surface area contributed by atoms with Crippen molar-refractivity contribution in [3.05, 3.63) is 17.0 Å². The van der Waals surface area contributed by atoms with Gasteiger partial charge in [0.25, 0.3) is 0 Å². The van der Waals surface area contributed by atoms with Gasteiger partial charge in [0.2, 0.25) is 0 Å². The van der Waals surface area contributed by atoms with Crippen molar-refractivity contribution in [1.29, 1.82) is 0 Å². The fourth-order valence-electron chi connectivity index (χ4n) is 2.04. The standard InChI is InChI=1S/C12H18ClN3O2/c1-2-3-11-14-10(13)6-12(15-11)16-4-5-18-8-9(16)7-17/h6,9,17H,2-5,7-8H2,1H3. The fraction of sp³-hybridized carbons (Fsp3) is 0.667. The molecular weight excluding hydrogens is 254 g/mol. The molecule has 1 aliphatic heterocycles. The van der Waals surface area contributed by atoms with E-state index < -0.39 is 0 Å². The zero-order chi connectivity index (χ0) is 13.0. The molecule has 1 unspecified atom stereocenters. The number of hydrogen-bond donors (Lipinski definition) is 1. The summed E-state index contributed by atoms with van der Waals surface area (Å²) >= 11 is 6.02. The van der Waals surface area contributed by atoms with E-state index in [4.69, 9.17) is 16.3 Å². The molecule has 0 bridgehead atoms. The summed E-state index contributed by atoms with van der Waals surface area (Å²) in [5.74, 6) is 1.53. The van der Waals surface area contributed by atoms with Crippen molar-refractivity contribution in [2.24, 2.45) is 0 Å². The van der Waals surface area contributed by atoms with Crippen molar-refractivity contribution in [1.82, 2.24) is 9.97 Å². The largest absolute Gasteiger partial charge is 0.394 e. The number of rotatable bonds is 4. The molecule has 0 aromatic carbocycles. The highest BCUT2D eigenvalue weighted by atomic mass is 35.5. The highest BCUT2D eigenvalue weighted by Crippen LogP contribution is 2.20. The van der Waals surface area contributed by atoms with Crippen LogP contribution >= 0.6 is 11.6 Å². The van der Waals surface area contributed by atoms with E-state index in [1.807, 2.05) is 4.90 Å². The van der Waals surface area contributed by atoms with Crippen LogP contribution in [-0.2, 0) is 11.2 Å². The number of anilines is 1. The van der Waals surface area contributed by atoms with E-state index in [0.29, 0.717) is 24.9 Å². The summed E-state index contributed by atoms with van der Waals surface area (Å²) in [6.45, 7) is 3.99. The first-order chi connectivity index (χ1) is 8.74. The molecule has 0 amide bonds. The third-order valence-corrected chi connectivity index (χ3v) is 3.13. The molecule has 1 atom stereocenters. The molecule has 0 radical (unpaired) electrons. The highest BCUT2D eigenvalue weighted by Gasteiger charge is 2.24. The van der Waals surface area contributed by atoms with Crippen LogP contribution < -0.4 is 4.90 Å². The third-order valence-electron chi connectivity index (χ3n) is 2.93. The second-order valence-corrected chi connectivity index (χ2v) is 4.71. The fourth-order valence-corrected chi connectivity index (χ4v) is 2.24. The molecule has 6 heteroatoms. The van der Waals surface area contributed by atoms with Gasteiger partial charge in [-0.1, -0.05) is 18.5 Å². The van der Waals surface area contributed by atoms with E-state index in [2.05, 4.69) is 16.9 Å². The van der Waals surface area contributed by atoms with Crippen molar-refractivity contribution in [3.63, 3.8) is 0 Å². The number of morpholine rings is 1. The Morgan fingerprint density at radius 3 is 3.11 bits per heavy atom. The molecule has 0 spiro atoms. The Kier molecular flexibility index (Phi) is 4.74. The molecule has 1 aromatic rings. The SMILES string of the molecule is CCCc1nc(Cl)cc(N2CCOCC2CO)n1. The van der Waals surface area contributed by atoms with Crippen molar-refractivity contribution in [2.45, 2.75) is 25.8 Å². The van der Waals surface area contributed by atoms with Gasteiger partial charge < -0.3 is 14.7 Å². The second kappa shape index (κ2) is 6.31. The third kappa shape index (κ3) is 3.10. The first-order valence-corrected chi connectivity index (χ1v) is 6.61. The predicted molar refractivity (Wildman–Crippen MR) is 70.1 cm³/mol. The Labute approximate surface area is 112 Å². The number of hydrogen-bond acceptors (Lipinski definition) is 5. The minimum Gasteiger partial charge on any atom is -0.394 e. The molecular formula is C12H18ClN3O2. The predicted octanol–water partition coefficient (Wildman–Crippen LogP) is 1.28. The molecule has 0 saturated carbocycles. The molecule has 1 aliphatic rings. The Morgan fingerprint density at radius 2 is 2.39 bits per heavy atom. The maximum absolute atomic E-state index is 9.37. The lowest BCUT2D eigenvalue weighted by Crippen LogP contribution is -2.48. The average Bonchev–Trinajstić information content (AvgIpc) is 2.38. The van der Waals surface area contributed by atoms with Gasteiger partial charge in [-0.3, -0.25) is 0 Å². The number of aromatic nitrogens is 2. The van der Waals surface area contributed by atoms with Crippen molar-refractivity contribution in [3.8, 4) is 0 Å². The topological polar surface area (TPSA) is 58.5 Å². The van der Waals surface area contributed by atoms with Gasteiger partial charge in [0.1, 0.15) is 16.8 Å². The summed E-state index contributed by atoms with van der Waals surface area (Å²) in [7, 11) is 0. The maximum Gasteiger partial charge on any atom is 0.134 e. The van der Waals surface area contributed by atoms with Crippen LogP contribution in [-0.4, -0.2) is 47.5 Å². The molecule has 100 valence electrons. The van der Waals surface area contributed by atoms with E-state index in [-0.39, 0.29) is 12.6 Å². The van der Waals surface area contributed by atoms with Crippen LogP contribution in [0.25, 0.3) is 0 Å². The summed E-state index contributed by atoms with van der Waals surface area (Å²) < 4.78 is 5.35. The summed E-state index contributed by atoms with van der Waals surface area (Å²) in [6.07, 6.45) is 1.79. The van der Waals surface area contributed by atoms with E-state index in [9.17, 15) is 5.11 Å². The number of nitrogens with zero attached hydrogens (tertiary/aromatic N) is 3.